The number of nitrogen functional groups attached to an aromatic ring is 1. The largest absolute Gasteiger partial charge is 0.416 e. The van der Waals surface area contributed by atoms with Crippen LogP contribution in [0.1, 0.15) is 15.9 Å². The molecule has 0 fully saturated rings. The first-order valence-corrected chi connectivity index (χ1v) is 7.62. The summed E-state index contributed by atoms with van der Waals surface area (Å²) in [5.74, 6) is -0.621. The summed E-state index contributed by atoms with van der Waals surface area (Å²) >= 11 is 0. The van der Waals surface area contributed by atoms with E-state index < -0.39 is 17.6 Å². The number of rotatable bonds is 3. The van der Waals surface area contributed by atoms with Crippen LogP contribution in [0.2, 0.25) is 0 Å². The summed E-state index contributed by atoms with van der Waals surface area (Å²) in [6, 6.07) is 13.5. The molecule has 26 heavy (non-hydrogen) atoms. The zero-order chi connectivity index (χ0) is 18.9. The molecule has 3 rings (SSSR count). The van der Waals surface area contributed by atoms with Gasteiger partial charge in [0.15, 0.2) is 6.29 Å². The van der Waals surface area contributed by atoms with E-state index >= 15 is 0 Å². The predicted molar refractivity (Wildman–Crippen MR) is 92.1 cm³/mol. The van der Waals surface area contributed by atoms with E-state index in [2.05, 4.69) is 0 Å². The number of halogens is 4. The number of carbonyl (C=O) groups excluding carboxylic acids is 1. The first-order chi connectivity index (χ1) is 12.3. The van der Waals surface area contributed by atoms with Crippen LogP contribution in [-0.4, -0.2) is 6.29 Å². The van der Waals surface area contributed by atoms with Crippen molar-refractivity contribution in [2.45, 2.75) is 6.18 Å². The fraction of sp³-hybridized carbons (Fsp3) is 0.0500. The smallest absolute Gasteiger partial charge is 0.398 e. The molecule has 0 saturated carbocycles. The van der Waals surface area contributed by atoms with Crippen molar-refractivity contribution in [1.82, 2.24) is 0 Å². The fourth-order valence-corrected chi connectivity index (χ4v) is 2.82. The van der Waals surface area contributed by atoms with Gasteiger partial charge in [-0.25, -0.2) is 4.39 Å². The van der Waals surface area contributed by atoms with Crippen LogP contribution in [0.3, 0.4) is 0 Å². The molecular weight excluding hydrogens is 346 g/mol. The van der Waals surface area contributed by atoms with Crippen molar-refractivity contribution in [3.63, 3.8) is 0 Å². The first-order valence-electron chi connectivity index (χ1n) is 7.62. The molecule has 2 nitrogen and oxygen atoms in total. The van der Waals surface area contributed by atoms with Gasteiger partial charge in [0.1, 0.15) is 5.82 Å². The Balaban J connectivity index is 2.39. The van der Waals surface area contributed by atoms with Crippen LogP contribution in [0.15, 0.2) is 60.7 Å². The molecule has 3 aromatic rings. The molecule has 0 spiro atoms. The lowest BCUT2D eigenvalue weighted by molar-refractivity contribution is -0.137. The van der Waals surface area contributed by atoms with Gasteiger partial charge < -0.3 is 5.73 Å². The van der Waals surface area contributed by atoms with Crippen molar-refractivity contribution in [3.05, 3.63) is 77.6 Å². The van der Waals surface area contributed by atoms with E-state index in [0.717, 1.165) is 24.3 Å². The molecule has 0 unspecified atom stereocenters. The molecule has 3 aromatic carbocycles. The van der Waals surface area contributed by atoms with Gasteiger partial charge >= 0.3 is 6.18 Å². The van der Waals surface area contributed by atoms with Gasteiger partial charge in [-0.3, -0.25) is 4.79 Å². The molecule has 0 atom stereocenters. The number of hydrogen-bond acceptors (Lipinski definition) is 2. The molecule has 2 N–H and O–H groups in total. The minimum atomic E-state index is -4.59. The Bertz CT molecular complexity index is 966. The number of nitrogens with two attached hydrogens (primary N) is 1. The second kappa shape index (κ2) is 6.63. The van der Waals surface area contributed by atoms with Gasteiger partial charge in [0.2, 0.25) is 0 Å². The normalized spacial score (nSPS) is 11.4. The number of hydrogen-bond donors (Lipinski definition) is 1. The zero-order valence-electron chi connectivity index (χ0n) is 13.3. The van der Waals surface area contributed by atoms with Crippen molar-refractivity contribution in [2.24, 2.45) is 0 Å². The van der Waals surface area contributed by atoms with Gasteiger partial charge in [-0.1, -0.05) is 30.3 Å². The van der Waals surface area contributed by atoms with E-state index in [1.54, 1.807) is 30.3 Å². The van der Waals surface area contributed by atoms with Gasteiger partial charge in [0, 0.05) is 16.8 Å². The summed E-state index contributed by atoms with van der Waals surface area (Å²) < 4.78 is 53.5. The molecule has 0 saturated heterocycles. The third-order valence-electron chi connectivity index (χ3n) is 3.99. The van der Waals surface area contributed by atoms with Crippen LogP contribution < -0.4 is 5.73 Å². The van der Waals surface area contributed by atoms with E-state index in [4.69, 9.17) is 5.73 Å². The summed E-state index contributed by atoms with van der Waals surface area (Å²) in [6.07, 6.45) is -4.08. The van der Waals surface area contributed by atoms with Crippen molar-refractivity contribution in [2.75, 3.05) is 5.73 Å². The van der Waals surface area contributed by atoms with Crippen LogP contribution in [0.4, 0.5) is 23.2 Å². The lowest BCUT2D eigenvalue weighted by Crippen LogP contribution is -2.08. The Labute approximate surface area is 146 Å². The van der Waals surface area contributed by atoms with Crippen LogP contribution in [0.5, 0.6) is 0 Å². The van der Waals surface area contributed by atoms with Gasteiger partial charge in [-0.15, -0.1) is 0 Å². The van der Waals surface area contributed by atoms with E-state index in [0.29, 0.717) is 11.8 Å². The van der Waals surface area contributed by atoms with Gasteiger partial charge in [-0.2, -0.15) is 13.2 Å². The number of aldehydes is 1. The van der Waals surface area contributed by atoms with E-state index in [1.165, 1.54) is 6.07 Å². The number of anilines is 1. The third-order valence-corrected chi connectivity index (χ3v) is 3.99. The second-order valence-electron chi connectivity index (χ2n) is 5.70. The Morgan fingerprint density at radius 2 is 1.58 bits per heavy atom. The lowest BCUT2D eigenvalue weighted by atomic mass is 9.89. The van der Waals surface area contributed by atoms with E-state index in [1.807, 2.05) is 0 Å². The Morgan fingerprint density at radius 3 is 2.19 bits per heavy atom. The molecule has 6 heteroatoms. The highest BCUT2D eigenvalue weighted by Crippen LogP contribution is 2.42. The van der Waals surface area contributed by atoms with Crippen molar-refractivity contribution in [3.8, 4) is 22.3 Å². The standard InChI is InChI=1S/C20H13F4NO/c21-15-7-6-13(11-26)17(10-15)19-16(12-4-2-1-3-5-12)8-14(9-18(19)25)20(22,23)24/h1-11H,25H2. The minimum Gasteiger partial charge on any atom is -0.398 e. The number of benzene rings is 3. The lowest BCUT2D eigenvalue weighted by Gasteiger charge is -2.18. The monoisotopic (exact) mass is 359 g/mol. The predicted octanol–water partition coefficient (Wildman–Crippen LogP) is 5.57. The Morgan fingerprint density at radius 1 is 0.885 bits per heavy atom. The SMILES string of the molecule is Nc1cc(C(F)(F)F)cc(-c2ccccc2)c1-c1cc(F)ccc1C=O. The summed E-state index contributed by atoms with van der Waals surface area (Å²) in [5.41, 5.74) is 5.93. The molecular formula is C20H13F4NO. The minimum absolute atomic E-state index is 0.134. The third kappa shape index (κ3) is 3.31. The molecule has 0 heterocycles. The average molecular weight is 359 g/mol. The highest BCUT2D eigenvalue weighted by Gasteiger charge is 2.32. The summed E-state index contributed by atoms with van der Waals surface area (Å²) in [7, 11) is 0. The molecule has 0 aromatic heterocycles. The highest BCUT2D eigenvalue weighted by atomic mass is 19.4. The maximum atomic E-state index is 13.8. The summed E-state index contributed by atoms with van der Waals surface area (Å²) in [6.45, 7) is 0. The summed E-state index contributed by atoms with van der Waals surface area (Å²) in [4.78, 5) is 11.4. The van der Waals surface area contributed by atoms with Crippen LogP contribution in [-0.2, 0) is 6.18 Å². The molecule has 0 aliphatic heterocycles. The molecule has 132 valence electrons. The Hall–Kier alpha value is -3.15. The van der Waals surface area contributed by atoms with Gasteiger partial charge in [0.25, 0.3) is 0 Å². The summed E-state index contributed by atoms with van der Waals surface area (Å²) in [5, 5.41) is 0. The van der Waals surface area contributed by atoms with Crippen LogP contribution in [0.25, 0.3) is 22.3 Å². The highest BCUT2D eigenvalue weighted by molar-refractivity contribution is 5.98. The molecule has 0 radical (unpaired) electrons. The van der Waals surface area contributed by atoms with Crippen molar-refractivity contribution < 1.29 is 22.4 Å². The fourth-order valence-electron chi connectivity index (χ4n) is 2.82. The van der Waals surface area contributed by atoms with Crippen LogP contribution >= 0.6 is 0 Å². The van der Waals surface area contributed by atoms with Crippen molar-refractivity contribution in [1.29, 1.82) is 0 Å². The molecule has 0 amide bonds. The zero-order valence-corrected chi connectivity index (χ0v) is 13.3. The quantitative estimate of drug-likeness (QED) is 0.377. The molecule has 0 bridgehead atoms. The molecule has 0 aliphatic rings. The van der Waals surface area contributed by atoms with Crippen molar-refractivity contribution >= 4 is 12.0 Å². The average Bonchev–Trinajstić information content (AvgIpc) is 2.61. The van der Waals surface area contributed by atoms with Gasteiger partial charge in [0.05, 0.1) is 5.56 Å². The second-order valence-corrected chi connectivity index (χ2v) is 5.70. The number of alkyl halides is 3. The van der Waals surface area contributed by atoms with Gasteiger partial charge in [-0.05, 0) is 47.0 Å². The maximum absolute atomic E-state index is 13.8. The number of carbonyl (C=O) groups is 1. The maximum Gasteiger partial charge on any atom is 0.416 e. The van der Waals surface area contributed by atoms with E-state index in [9.17, 15) is 22.4 Å². The molecule has 0 aliphatic carbocycles. The Kier molecular flexibility index (Phi) is 4.50. The van der Waals surface area contributed by atoms with Crippen LogP contribution in [0, 0.1) is 5.82 Å². The van der Waals surface area contributed by atoms with E-state index in [-0.39, 0.29) is 27.9 Å². The first kappa shape index (κ1) is 17.7. The topological polar surface area (TPSA) is 43.1 Å².